The first kappa shape index (κ1) is 10.6. The van der Waals surface area contributed by atoms with E-state index < -0.39 is 5.97 Å². The molecule has 0 amide bonds. The highest BCUT2D eigenvalue weighted by atomic mass is 16.4. The molecule has 0 spiro atoms. The minimum Gasteiger partial charge on any atom is -0.476 e. The average Bonchev–Trinajstić information content (AvgIpc) is 2.59. The van der Waals surface area contributed by atoms with Gasteiger partial charge in [-0.1, -0.05) is 6.07 Å². The molecule has 0 radical (unpaired) electrons. The van der Waals surface area contributed by atoms with E-state index in [-0.39, 0.29) is 5.69 Å². The van der Waals surface area contributed by atoms with Gasteiger partial charge in [0.2, 0.25) is 0 Å². The van der Waals surface area contributed by atoms with Crippen LogP contribution in [0.4, 0.5) is 0 Å². The summed E-state index contributed by atoms with van der Waals surface area (Å²) in [4.78, 5) is 15.2. The Morgan fingerprint density at radius 1 is 1.56 bits per heavy atom. The molecule has 84 valence electrons. The van der Waals surface area contributed by atoms with Crippen LogP contribution in [0.25, 0.3) is 5.52 Å². The van der Waals surface area contributed by atoms with E-state index in [0.29, 0.717) is 24.3 Å². The number of carbonyl (C=O) groups is 1. The first-order chi connectivity index (χ1) is 7.65. The van der Waals surface area contributed by atoms with Gasteiger partial charge in [-0.15, -0.1) is 0 Å². The molecule has 0 saturated carbocycles. The predicted octanol–water partition coefficient (Wildman–Crippen LogP) is 0.842. The summed E-state index contributed by atoms with van der Waals surface area (Å²) in [6.45, 7) is 2.37. The van der Waals surface area contributed by atoms with Crippen molar-refractivity contribution in [1.29, 1.82) is 0 Å². The van der Waals surface area contributed by atoms with Gasteiger partial charge >= 0.3 is 5.97 Å². The SMILES string of the molecule is Cc1cccc2c(C(=O)O)nc(CCN)n12. The van der Waals surface area contributed by atoms with Crippen LogP contribution in [0.3, 0.4) is 0 Å². The van der Waals surface area contributed by atoms with Crippen LogP contribution in [0, 0.1) is 6.92 Å². The Morgan fingerprint density at radius 3 is 2.94 bits per heavy atom. The van der Waals surface area contributed by atoms with Crippen molar-refractivity contribution in [2.75, 3.05) is 6.54 Å². The Labute approximate surface area is 92.5 Å². The number of aromatic nitrogens is 2. The van der Waals surface area contributed by atoms with E-state index in [1.165, 1.54) is 0 Å². The lowest BCUT2D eigenvalue weighted by Gasteiger charge is -2.03. The minimum atomic E-state index is -1.01. The zero-order valence-electron chi connectivity index (χ0n) is 8.97. The van der Waals surface area contributed by atoms with Crippen molar-refractivity contribution in [3.63, 3.8) is 0 Å². The quantitative estimate of drug-likeness (QED) is 0.801. The number of rotatable bonds is 3. The summed E-state index contributed by atoms with van der Waals surface area (Å²) in [6, 6.07) is 5.49. The maximum Gasteiger partial charge on any atom is 0.356 e. The zero-order chi connectivity index (χ0) is 11.7. The fourth-order valence-electron chi connectivity index (χ4n) is 1.84. The van der Waals surface area contributed by atoms with Crippen molar-refractivity contribution in [2.45, 2.75) is 13.3 Å². The Hall–Kier alpha value is -1.88. The van der Waals surface area contributed by atoms with Crippen molar-refractivity contribution >= 4 is 11.5 Å². The van der Waals surface area contributed by atoms with Gasteiger partial charge in [-0.2, -0.15) is 0 Å². The van der Waals surface area contributed by atoms with Gasteiger partial charge in [0.1, 0.15) is 5.82 Å². The molecule has 0 bridgehead atoms. The molecule has 2 aromatic heterocycles. The topological polar surface area (TPSA) is 80.6 Å². The van der Waals surface area contributed by atoms with E-state index in [9.17, 15) is 4.79 Å². The van der Waals surface area contributed by atoms with Crippen LogP contribution in [-0.2, 0) is 6.42 Å². The molecule has 0 saturated heterocycles. The standard InChI is InChI=1S/C11H13N3O2/c1-7-3-2-4-8-10(11(15)16)13-9(5-6-12)14(7)8/h2-4H,5-6,12H2,1H3,(H,15,16). The van der Waals surface area contributed by atoms with Crippen LogP contribution in [0.2, 0.25) is 0 Å². The number of pyridine rings is 1. The number of hydrogen-bond donors (Lipinski definition) is 2. The predicted molar refractivity (Wildman–Crippen MR) is 59.6 cm³/mol. The monoisotopic (exact) mass is 219 g/mol. The molecule has 16 heavy (non-hydrogen) atoms. The number of carboxylic acids is 1. The lowest BCUT2D eigenvalue weighted by Crippen LogP contribution is -2.07. The Bertz CT molecular complexity index is 545. The summed E-state index contributed by atoms with van der Waals surface area (Å²) in [7, 11) is 0. The second-order valence-electron chi connectivity index (χ2n) is 3.61. The lowest BCUT2D eigenvalue weighted by atomic mass is 10.3. The van der Waals surface area contributed by atoms with E-state index in [1.807, 2.05) is 23.5 Å². The molecular weight excluding hydrogens is 206 g/mol. The van der Waals surface area contributed by atoms with E-state index >= 15 is 0 Å². The molecular formula is C11H13N3O2. The number of aryl methyl sites for hydroxylation is 1. The first-order valence-electron chi connectivity index (χ1n) is 5.05. The van der Waals surface area contributed by atoms with Gasteiger partial charge in [0.15, 0.2) is 5.69 Å². The zero-order valence-corrected chi connectivity index (χ0v) is 8.97. The molecule has 2 heterocycles. The maximum atomic E-state index is 11.0. The third-order valence-corrected chi connectivity index (χ3v) is 2.50. The molecule has 0 aliphatic rings. The molecule has 0 fully saturated rings. The van der Waals surface area contributed by atoms with Crippen LogP contribution in [0.1, 0.15) is 22.0 Å². The Kier molecular flexibility index (Phi) is 2.62. The van der Waals surface area contributed by atoms with Gasteiger partial charge in [0.25, 0.3) is 0 Å². The molecule has 5 nitrogen and oxygen atoms in total. The van der Waals surface area contributed by atoms with E-state index in [4.69, 9.17) is 10.8 Å². The van der Waals surface area contributed by atoms with Gasteiger partial charge in [-0.3, -0.25) is 0 Å². The Balaban J connectivity index is 2.76. The van der Waals surface area contributed by atoms with Crippen LogP contribution in [-0.4, -0.2) is 27.0 Å². The number of nitrogens with zero attached hydrogens (tertiary/aromatic N) is 2. The smallest absolute Gasteiger partial charge is 0.356 e. The van der Waals surface area contributed by atoms with Gasteiger partial charge in [-0.05, 0) is 25.6 Å². The number of hydrogen-bond acceptors (Lipinski definition) is 3. The Morgan fingerprint density at radius 2 is 2.31 bits per heavy atom. The maximum absolute atomic E-state index is 11.0. The van der Waals surface area contributed by atoms with E-state index in [0.717, 1.165) is 5.69 Å². The third kappa shape index (κ3) is 1.55. The highest BCUT2D eigenvalue weighted by Crippen LogP contribution is 2.16. The molecule has 2 rings (SSSR count). The molecule has 0 aliphatic heterocycles. The van der Waals surface area contributed by atoms with E-state index in [2.05, 4.69) is 4.98 Å². The summed E-state index contributed by atoms with van der Waals surface area (Å²) in [5.74, 6) is -0.306. The number of carboxylic acid groups (broad SMARTS) is 1. The van der Waals surface area contributed by atoms with Crippen LogP contribution < -0.4 is 5.73 Å². The molecule has 0 aromatic carbocycles. The summed E-state index contributed by atoms with van der Waals surface area (Å²) >= 11 is 0. The molecule has 0 atom stereocenters. The van der Waals surface area contributed by atoms with Gasteiger partial charge in [-0.25, -0.2) is 9.78 Å². The van der Waals surface area contributed by atoms with Crippen molar-refractivity contribution in [3.05, 3.63) is 35.4 Å². The lowest BCUT2D eigenvalue weighted by molar-refractivity contribution is 0.0693. The fourth-order valence-corrected chi connectivity index (χ4v) is 1.84. The number of imidazole rings is 1. The van der Waals surface area contributed by atoms with Crippen molar-refractivity contribution < 1.29 is 9.90 Å². The first-order valence-corrected chi connectivity index (χ1v) is 5.05. The van der Waals surface area contributed by atoms with Crippen molar-refractivity contribution in [2.24, 2.45) is 5.73 Å². The third-order valence-electron chi connectivity index (χ3n) is 2.50. The summed E-state index contributed by atoms with van der Waals surface area (Å²) in [6.07, 6.45) is 0.569. The van der Waals surface area contributed by atoms with Crippen molar-refractivity contribution in [1.82, 2.24) is 9.38 Å². The minimum absolute atomic E-state index is 0.0900. The molecule has 5 heteroatoms. The van der Waals surface area contributed by atoms with Gasteiger partial charge in [0, 0.05) is 12.1 Å². The highest BCUT2D eigenvalue weighted by Gasteiger charge is 2.16. The molecule has 0 aliphatic carbocycles. The second kappa shape index (κ2) is 3.94. The summed E-state index contributed by atoms with van der Waals surface area (Å²) in [5, 5.41) is 9.05. The number of aromatic carboxylic acids is 1. The van der Waals surface area contributed by atoms with Crippen LogP contribution in [0.15, 0.2) is 18.2 Å². The second-order valence-corrected chi connectivity index (χ2v) is 3.61. The van der Waals surface area contributed by atoms with Crippen molar-refractivity contribution in [3.8, 4) is 0 Å². The number of fused-ring (bicyclic) bond motifs is 1. The highest BCUT2D eigenvalue weighted by molar-refractivity contribution is 5.93. The van der Waals surface area contributed by atoms with Crippen LogP contribution in [0.5, 0.6) is 0 Å². The van der Waals surface area contributed by atoms with Crippen LogP contribution >= 0.6 is 0 Å². The fraction of sp³-hybridized carbons (Fsp3) is 0.273. The largest absolute Gasteiger partial charge is 0.476 e. The normalized spacial score (nSPS) is 10.9. The van der Waals surface area contributed by atoms with Gasteiger partial charge < -0.3 is 15.2 Å². The van der Waals surface area contributed by atoms with E-state index in [1.54, 1.807) is 6.07 Å². The summed E-state index contributed by atoms with van der Waals surface area (Å²) < 4.78 is 1.84. The number of nitrogens with two attached hydrogens (primary N) is 1. The average molecular weight is 219 g/mol. The summed E-state index contributed by atoms with van der Waals surface area (Å²) in [5.41, 5.74) is 7.16. The molecule has 3 N–H and O–H groups in total. The molecule has 2 aromatic rings. The molecule has 0 unspecified atom stereocenters. The van der Waals surface area contributed by atoms with Gasteiger partial charge in [0.05, 0.1) is 5.52 Å².